The fourth-order valence-corrected chi connectivity index (χ4v) is 1.89. The van der Waals surface area contributed by atoms with Gasteiger partial charge in [0.1, 0.15) is 5.75 Å². The first-order chi connectivity index (χ1) is 6.59. The van der Waals surface area contributed by atoms with Gasteiger partial charge in [-0.3, -0.25) is 0 Å². The Labute approximate surface area is 92.3 Å². The van der Waals surface area contributed by atoms with Crippen LogP contribution in [0.5, 0.6) is 5.75 Å². The zero-order valence-electron chi connectivity index (χ0n) is 7.96. The third-order valence-corrected chi connectivity index (χ3v) is 3.33. The predicted molar refractivity (Wildman–Crippen MR) is 60.3 cm³/mol. The van der Waals surface area contributed by atoms with Crippen molar-refractivity contribution >= 4 is 15.9 Å². The van der Waals surface area contributed by atoms with E-state index >= 15 is 0 Å². The summed E-state index contributed by atoms with van der Waals surface area (Å²) < 4.78 is 0.910. The molecule has 0 bridgehead atoms. The molecule has 1 aromatic rings. The van der Waals surface area contributed by atoms with E-state index in [1.54, 1.807) is 6.07 Å². The van der Waals surface area contributed by atoms with E-state index in [0.29, 0.717) is 5.75 Å². The zero-order chi connectivity index (χ0) is 10.2. The normalized spacial score (nSPS) is 18.1. The highest BCUT2D eigenvalue weighted by atomic mass is 79.9. The highest BCUT2D eigenvalue weighted by Crippen LogP contribution is 2.37. The maximum absolute atomic E-state index is 9.64. The number of phenolic OH excluding ortho intramolecular Hbond substituents is 1. The average molecular weight is 256 g/mol. The number of hydrogen-bond donors (Lipinski definition) is 2. The van der Waals surface area contributed by atoms with Crippen molar-refractivity contribution in [2.75, 3.05) is 0 Å². The summed E-state index contributed by atoms with van der Waals surface area (Å²) in [6.45, 7) is 0. The lowest BCUT2D eigenvalue weighted by Gasteiger charge is -2.09. The molecule has 0 spiro atoms. The maximum Gasteiger partial charge on any atom is 0.119 e. The van der Waals surface area contributed by atoms with E-state index in [2.05, 4.69) is 15.9 Å². The molecule has 0 unspecified atom stereocenters. The van der Waals surface area contributed by atoms with Gasteiger partial charge in [-0.25, -0.2) is 0 Å². The first kappa shape index (κ1) is 9.99. The lowest BCUT2D eigenvalue weighted by atomic mass is 10.0. The number of aromatic hydroxyl groups is 1. The molecule has 0 aliphatic heterocycles. The van der Waals surface area contributed by atoms with Crippen molar-refractivity contribution in [3.63, 3.8) is 0 Å². The Morgan fingerprint density at radius 2 is 2.14 bits per heavy atom. The topological polar surface area (TPSA) is 46.2 Å². The minimum atomic E-state index is 0.0690. The van der Waals surface area contributed by atoms with Crippen LogP contribution in [0, 0.1) is 0 Å². The Bertz CT molecular complexity index is 347. The van der Waals surface area contributed by atoms with Crippen LogP contribution in [0.4, 0.5) is 0 Å². The van der Waals surface area contributed by atoms with E-state index in [4.69, 9.17) is 5.73 Å². The molecule has 0 radical (unpaired) electrons. The van der Waals surface area contributed by atoms with E-state index in [-0.39, 0.29) is 5.54 Å². The Morgan fingerprint density at radius 3 is 2.71 bits per heavy atom. The van der Waals surface area contributed by atoms with Gasteiger partial charge in [0.2, 0.25) is 0 Å². The van der Waals surface area contributed by atoms with E-state index in [0.717, 1.165) is 35.7 Å². The van der Waals surface area contributed by atoms with Crippen LogP contribution in [-0.4, -0.2) is 10.6 Å². The van der Waals surface area contributed by atoms with Gasteiger partial charge in [-0.15, -0.1) is 0 Å². The molecule has 1 aliphatic carbocycles. The number of halogens is 1. The largest absolute Gasteiger partial charge is 0.508 e. The van der Waals surface area contributed by atoms with Crippen molar-refractivity contribution in [3.05, 3.63) is 28.2 Å². The minimum Gasteiger partial charge on any atom is -0.508 e. The van der Waals surface area contributed by atoms with Crippen LogP contribution in [0.15, 0.2) is 22.7 Å². The van der Waals surface area contributed by atoms with Gasteiger partial charge >= 0.3 is 0 Å². The van der Waals surface area contributed by atoms with Crippen LogP contribution in [0.25, 0.3) is 0 Å². The summed E-state index contributed by atoms with van der Waals surface area (Å²) in [6, 6.07) is 5.63. The quantitative estimate of drug-likeness (QED) is 0.873. The number of rotatable bonds is 3. The van der Waals surface area contributed by atoms with Crippen molar-refractivity contribution < 1.29 is 5.11 Å². The lowest BCUT2D eigenvalue weighted by molar-refractivity contribution is 0.464. The Hall–Kier alpha value is -0.540. The second-order valence-corrected chi connectivity index (χ2v) is 5.05. The summed E-state index contributed by atoms with van der Waals surface area (Å²) in [4.78, 5) is 0. The van der Waals surface area contributed by atoms with Crippen molar-refractivity contribution in [2.24, 2.45) is 5.73 Å². The van der Waals surface area contributed by atoms with Crippen LogP contribution in [-0.2, 0) is 6.42 Å². The van der Waals surface area contributed by atoms with Crippen LogP contribution in [0.3, 0.4) is 0 Å². The van der Waals surface area contributed by atoms with Crippen LogP contribution in [0.2, 0.25) is 0 Å². The Morgan fingerprint density at radius 1 is 1.43 bits per heavy atom. The van der Waals surface area contributed by atoms with Crippen LogP contribution < -0.4 is 5.73 Å². The van der Waals surface area contributed by atoms with Gasteiger partial charge in [0.15, 0.2) is 0 Å². The molecule has 3 heteroatoms. The summed E-state index contributed by atoms with van der Waals surface area (Å²) in [7, 11) is 0. The fourth-order valence-electron chi connectivity index (χ4n) is 1.54. The fraction of sp³-hybridized carbons (Fsp3) is 0.455. The van der Waals surface area contributed by atoms with Crippen LogP contribution in [0.1, 0.15) is 24.8 Å². The number of nitrogens with two attached hydrogens (primary N) is 1. The minimum absolute atomic E-state index is 0.0690. The molecule has 0 heterocycles. The van der Waals surface area contributed by atoms with Crippen molar-refractivity contribution in [1.29, 1.82) is 0 Å². The summed E-state index contributed by atoms with van der Waals surface area (Å²) in [5, 5.41) is 9.64. The number of phenols is 1. The SMILES string of the molecule is NC1(CCc2ccc(Br)cc2O)CC1. The maximum atomic E-state index is 9.64. The van der Waals surface area contributed by atoms with Gasteiger partial charge in [0.05, 0.1) is 0 Å². The molecule has 1 aromatic carbocycles. The first-order valence-corrected chi connectivity index (χ1v) is 5.65. The highest BCUT2D eigenvalue weighted by molar-refractivity contribution is 9.10. The van der Waals surface area contributed by atoms with Crippen molar-refractivity contribution in [3.8, 4) is 5.75 Å². The van der Waals surface area contributed by atoms with E-state index in [1.807, 2.05) is 12.1 Å². The molecule has 0 amide bonds. The lowest BCUT2D eigenvalue weighted by Crippen LogP contribution is -2.22. The summed E-state index contributed by atoms with van der Waals surface area (Å²) >= 11 is 3.31. The van der Waals surface area contributed by atoms with Gasteiger partial charge in [0.25, 0.3) is 0 Å². The third kappa shape index (κ3) is 2.28. The summed E-state index contributed by atoms with van der Waals surface area (Å²) in [5.41, 5.74) is 7.04. The molecule has 2 nitrogen and oxygen atoms in total. The van der Waals surface area contributed by atoms with Gasteiger partial charge in [0, 0.05) is 10.0 Å². The highest BCUT2D eigenvalue weighted by Gasteiger charge is 2.37. The van der Waals surface area contributed by atoms with Gasteiger partial charge in [-0.2, -0.15) is 0 Å². The van der Waals surface area contributed by atoms with E-state index in [1.165, 1.54) is 0 Å². The number of aryl methyl sites for hydroxylation is 1. The number of benzene rings is 1. The first-order valence-electron chi connectivity index (χ1n) is 4.85. The zero-order valence-corrected chi connectivity index (χ0v) is 9.55. The Kier molecular flexibility index (Phi) is 2.54. The molecule has 76 valence electrons. The monoisotopic (exact) mass is 255 g/mol. The molecule has 0 atom stereocenters. The smallest absolute Gasteiger partial charge is 0.119 e. The molecule has 2 rings (SSSR count). The van der Waals surface area contributed by atoms with Gasteiger partial charge < -0.3 is 10.8 Å². The molecular formula is C11H14BrNO. The molecule has 1 aliphatic rings. The molecule has 1 saturated carbocycles. The molecule has 0 saturated heterocycles. The molecule has 0 aromatic heterocycles. The average Bonchev–Trinajstić information content (AvgIpc) is 2.83. The van der Waals surface area contributed by atoms with Crippen molar-refractivity contribution in [1.82, 2.24) is 0 Å². The second-order valence-electron chi connectivity index (χ2n) is 4.14. The second kappa shape index (κ2) is 3.55. The summed E-state index contributed by atoms with van der Waals surface area (Å²) in [5.74, 6) is 0.364. The van der Waals surface area contributed by atoms with E-state index < -0.39 is 0 Å². The molecule has 14 heavy (non-hydrogen) atoms. The molecule has 1 fully saturated rings. The standard InChI is InChI=1S/C11H14BrNO/c12-9-2-1-8(10(14)7-9)3-4-11(13)5-6-11/h1-2,7,14H,3-6,13H2. The van der Waals surface area contributed by atoms with Crippen molar-refractivity contribution in [2.45, 2.75) is 31.2 Å². The third-order valence-electron chi connectivity index (χ3n) is 2.83. The van der Waals surface area contributed by atoms with Crippen LogP contribution >= 0.6 is 15.9 Å². The van der Waals surface area contributed by atoms with E-state index in [9.17, 15) is 5.11 Å². The Balaban J connectivity index is 2.02. The van der Waals surface area contributed by atoms with Gasteiger partial charge in [-0.05, 0) is 43.4 Å². The number of hydrogen-bond acceptors (Lipinski definition) is 2. The predicted octanol–water partition coefficient (Wildman–Crippen LogP) is 2.58. The molecular weight excluding hydrogens is 242 g/mol. The summed E-state index contributed by atoms with van der Waals surface area (Å²) in [6.07, 6.45) is 4.10. The van der Waals surface area contributed by atoms with Gasteiger partial charge in [-0.1, -0.05) is 22.0 Å². The molecule has 3 N–H and O–H groups in total.